The van der Waals surface area contributed by atoms with Crippen LogP contribution in [0.2, 0.25) is 0 Å². The molecule has 70 valence electrons. The molecule has 0 bridgehead atoms. The lowest BCUT2D eigenvalue weighted by molar-refractivity contribution is 0.467. The zero-order valence-electron chi connectivity index (χ0n) is 7.97. The molecule has 2 nitrogen and oxygen atoms in total. The lowest BCUT2D eigenvalue weighted by Crippen LogP contribution is -2.31. The summed E-state index contributed by atoms with van der Waals surface area (Å²) >= 11 is 0. The summed E-state index contributed by atoms with van der Waals surface area (Å²) in [5.74, 6) is 0. The van der Waals surface area contributed by atoms with Gasteiger partial charge in [0.25, 0.3) is 0 Å². The monoisotopic (exact) mass is 168 g/mol. The number of hydrogen-bond donors (Lipinski definition) is 2. The first-order valence-corrected chi connectivity index (χ1v) is 4.96. The zero-order chi connectivity index (χ0) is 8.65. The number of allylic oxidation sites excluding steroid dienone is 1. The molecule has 0 aromatic rings. The molecule has 0 spiro atoms. The SMILES string of the molecule is CNCCCNC1CC=CCC1. The van der Waals surface area contributed by atoms with E-state index in [1.54, 1.807) is 0 Å². The molecule has 1 atom stereocenters. The van der Waals surface area contributed by atoms with Gasteiger partial charge in [0.1, 0.15) is 0 Å². The van der Waals surface area contributed by atoms with Crippen LogP contribution < -0.4 is 10.6 Å². The van der Waals surface area contributed by atoms with Crippen LogP contribution in [0.15, 0.2) is 12.2 Å². The predicted molar refractivity (Wildman–Crippen MR) is 53.3 cm³/mol. The molecule has 1 rings (SSSR count). The fourth-order valence-corrected chi connectivity index (χ4v) is 1.55. The van der Waals surface area contributed by atoms with Gasteiger partial charge in [-0.3, -0.25) is 0 Å². The lowest BCUT2D eigenvalue weighted by atomic mass is 10.0. The van der Waals surface area contributed by atoms with Crippen LogP contribution in [0.4, 0.5) is 0 Å². The van der Waals surface area contributed by atoms with Gasteiger partial charge < -0.3 is 10.6 Å². The Bertz CT molecular complexity index is 132. The van der Waals surface area contributed by atoms with Crippen molar-refractivity contribution in [2.24, 2.45) is 0 Å². The molecule has 0 saturated carbocycles. The van der Waals surface area contributed by atoms with Crippen LogP contribution in [0.5, 0.6) is 0 Å². The van der Waals surface area contributed by atoms with Crippen molar-refractivity contribution in [1.29, 1.82) is 0 Å². The molecule has 2 heteroatoms. The molecule has 1 unspecified atom stereocenters. The first-order chi connectivity index (χ1) is 5.93. The van der Waals surface area contributed by atoms with E-state index in [0.29, 0.717) is 0 Å². The van der Waals surface area contributed by atoms with Gasteiger partial charge >= 0.3 is 0 Å². The van der Waals surface area contributed by atoms with Gasteiger partial charge in [-0.05, 0) is 45.8 Å². The van der Waals surface area contributed by atoms with Gasteiger partial charge in [0.05, 0.1) is 0 Å². The fraction of sp³-hybridized carbons (Fsp3) is 0.800. The maximum absolute atomic E-state index is 3.57. The van der Waals surface area contributed by atoms with E-state index < -0.39 is 0 Å². The molecular formula is C10H20N2. The van der Waals surface area contributed by atoms with Crippen molar-refractivity contribution in [3.8, 4) is 0 Å². The highest BCUT2D eigenvalue weighted by molar-refractivity contribution is 4.92. The van der Waals surface area contributed by atoms with Crippen LogP contribution in [0.3, 0.4) is 0 Å². The standard InChI is InChI=1S/C10H20N2/c1-11-8-5-9-12-10-6-3-2-4-7-10/h2-3,10-12H,4-9H2,1H3. The summed E-state index contributed by atoms with van der Waals surface area (Å²) in [6.45, 7) is 2.27. The van der Waals surface area contributed by atoms with Crippen LogP contribution in [0, 0.1) is 0 Å². The van der Waals surface area contributed by atoms with Crippen molar-refractivity contribution in [2.45, 2.75) is 31.7 Å². The number of hydrogen-bond acceptors (Lipinski definition) is 2. The molecule has 1 aliphatic carbocycles. The van der Waals surface area contributed by atoms with E-state index in [9.17, 15) is 0 Å². The van der Waals surface area contributed by atoms with Gasteiger partial charge in [0.2, 0.25) is 0 Å². The summed E-state index contributed by atoms with van der Waals surface area (Å²) in [7, 11) is 2.00. The summed E-state index contributed by atoms with van der Waals surface area (Å²) in [5.41, 5.74) is 0. The van der Waals surface area contributed by atoms with E-state index in [1.165, 1.54) is 25.7 Å². The Morgan fingerprint density at radius 3 is 2.92 bits per heavy atom. The molecule has 0 saturated heterocycles. The molecule has 2 N–H and O–H groups in total. The van der Waals surface area contributed by atoms with Gasteiger partial charge in [-0.25, -0.2) is 0 Å². The van der Waals surface area contributed by atoms with E-state index in [0.717, 1.165) is 19.1 Å². The fourth-order valence-electron chi connectivity index (χ4n) is 1.55. The lowest BCUT2D eigenvalue weighted by Gasteiger charge is -2.19. The zero-order valence-corrected chi connectivity index (χ0v) is 7.97. The highest BCUT2D eigenvalue weighted by Crippen LogP contribution is 2.09. The van der Waals surface area contributed by atoms with Crippen molar-refractivity contribution in [1.82, 2.24) is 10.6 Å². The average Bonchev–Trinajstić information content (AvgIpc) is 2.14. The average molecular weight is 168 g/mol. The smallest absolute Gasteiger partial charge is 0.0104 e. The van der Waals surface area contributed by atoms with Crippen LogP contribution >= 0.6 is 0 Å². The van der Waals surface area contributed by atoms with Crippen LogP contribution in [-0.4, -0.2) is 26.2 Å². The van der Waals surface area contributed by atoms with Crippen molar-refractivity contribution >= 4 is 0 Å². The van der Waals surface area contributed by atoms with Gasteiger partial charge in [0, 0.05) is 6.04 Å². The van der Waals surface area contributed by atoms with Gasteiger partial charge in [-0.2, -0.15) is 0 Å². The number of nitrogens with one attached hydrogen (secondary N) is 2. The molecular weight excluding hydrogens is 148 g/mol. The largest absolute Gasteiger partial charge is 0.320 e. The summed E-state index contributed by atoms with van der Waals surface area (Å²) in [6, 6.07) is 0.742. The van der Waals surface area contributed by atoms with Crippen LogP contribution in [0.1, 0.15) is 25.7 Å². The second kappa shape index (κ2) is 6.21. The van der Waals surface area contributed by atoms with Gasteiger partial charge in [-0.1, -0.05) is 12.2 Å². The normalized spacial score (nSPS) is 22.9. The Morgan fingerprint density at radius 1 is 1.33 bits per heavy atom. The molecule has 12 heavy (non-hydrogen) atoms. The third-order valence-corrected chi connectivity index (χ3v) is 2.31. The Kier molecular flexibility index (Phi) is 5.04. The van der Waals surface area contributed by atoms with Gasteiger partial charge in [0.15, 0.2) is 0 Å². The molecule has 0 aromatic carbocycles. The van der Waals surface area contributed by atoms with Crippen molar-refractivity contribution in [2.75, 3.05) is 20.1 Å². The van der Waals surface area contributed by atoms with E-state index >= 15 is 0 Å². The topological polar surface area (TPSA) is 24.1 Å². The second-order valence-electron chi connectivity index (χ2n) is 3.39. The summed E-state index contributed by atoms with van der Waals surface area (Å²) < 4.78 is 0. The summed E-state index contributed by atoms with van der Waals surface area (Å²) in [6.07, 6.45) is 9.60. The van der Waals surface area contributed by atoms with Gasteiger partial charge in [-0.15, -0.1) is 0 Å². The Balaban J connectivity index is 1.95. The minimum absolute atomic E-state index is 0.742. The second-order valence-corrected chi connectivity index (χ2v) is 3.39. The van der Waals surface area contributed by atoms with Crippen molar-refractivity contribution < 1.29 is 0 Å². The maximum Gasteiger partial charge on any atom is 0.0104 e. The Morgan fingerprint density at radius 2 is 2.25 bits per heavy atom. The van der Waals surface area contributed by atoms with Crippen LogP contribution in [-0.2, 0) is 0 Å². The maximum atomic E-state index is 3.57. The van der Waals surface area contributed by atoms with Crippen molar-refractivity contribution in [3.63, 3.8) is 0 Å². The Labute approximate surface area is 75.4 Å². The third kappa shape index (κ3) is 3.88. The molecule has 0 radical (unpaired) electrons. The first kappa shape index (κ1) is 9.75. The highest BCUT2D eigenvalue weighted by atomic mass is 14.9. The van der Waals surface area contributed by atoms with Crippen LogP contribution in [0.25, 0.3) is 0 Å². The summed E-state index contributed by atoms with van der Waals surface area (Å²) in [4.78, 5) is 0. The van der Waals surface area contributed by atoms with E-state index in [1.807, 2.05) is 7.05 Å². The molecule has 1 aliphatic rings. The predicted octanol–water partition coefficient (Wildman–Crippen LogP) is 1.29. The third-order valence-electron chi connectivity index (χ3n) is 2.31. The molecule has 0 fully saturated rings. The minimum atomic E-state index is 0.742. The van der Waals surface area contributed by atoms with E-state index in [-0.39, 0.29) is 0 Å². The Hall–Kier alpha value is -0.340. The van der Waals surface area contributed by atoms with Crippen molar-refractivity contribution in [3.05, 3.63) is 12.2 Å². The molecule has 0 amide bonds. The molecule has 0 heterocycles. The van der Waals surface area contributed by atoms with E-state index in [4.69, 9.17) is 0 Å². The molecule has 0 aromatic heterocycles. The quantitative estimate of drug-likeness (QED) is 0.477. The van der Waals surface area contributed by atoms with E-state index in [2.05, 4.69) is 22.8 Å². The summed E-state index contributed by atoms with van der Waals surface area (Å²) in [5, 5.41) is 6.72. The number of rotatable bonds is 5. The minimum Gasteiger partial charge on any atom is -0.320 e. The first-order valence-electron chi connectivity index (χ1n) is 4.96. The molecule has 0 aliphatic heterocycles. The highest BCUT2D eigenvalue weighted by Gasteiger charge is 2.07.